The molecular weight excluding hydrogens is 630 g/mol. The molecule has 4 aromatic rings. The van der Waals surface area contributed by atoms with Crippen molar-refractivity contribution in [3.63, 3.8) is 0 Å². The number of aryl methyl sites for hydroxylation is 1. The number of para-hydroxylation sites is 1. The minimum absolute atomic E-state index is 0.0245. The van der Waals surface area contributed by atoms with Crippen LogP contribution in [-0.4, -0.2) is 47.1 Å². The third-order valence-corrected chi connectivity index (χ3v) is 11.1. The normalized spacial score (nSPS) is 12.7. The van der Waals surface area contributed by atoms with Gasteiger partial charge in [0, 0.05) is 30.2 Å². The Bertz CT molecular complexity index is 1770. The summed E-state index contributed by atoms with van der Waals surface area (Å²) < 4.78 is 90.8. The Hall–Kier alpha value is -3.51. The van der Waals surface area contributed by atoms with Crippen LogP contribution in [0.1, 0.15) is 30.5 Å². The molecule has 234 valence electrons. The Morgan fingerprint density at radius 3 is 2.23 bits per heavy atom. The molecule has 4 aromatic carbocycles. The number of hydrogen-bond acceptors (Lipinski definition) is 5. The number of sulfonamides is 2. The molecule has 0 fully saturated rings. The summed E-state index contributed by atoms with van der Waals surface area (Å²) in [5.74, 6) is -1.44. The molecule has 0 spiro atoms. The highest BCUT2D eigenvalue weighted by molar-refractivity contribution is 7.92. The maximum Gasteiger partial charge on any atom is 0.264 e. The van der Waals surface area contributed by atoms with Gasteiger partial charge in [-0.1, -0.05) is 60.1 Å². The van der Waals surface area contributed by atoms with Gasteiger partial charge in [0.2, 0.25) is 10.0 Å². The first kappa shape index (κ1) is 33.4. The molecule has 0 N–H and O–H groups in total. The van der Waals surface area contributed by atoms with E-state index in [1.807, 2.05) is 30.3 Å². The minimum atomic E-state index is -4.41. The van der Waals surface area contributed by atoms with Crippen molar-refractivity contribution < 1.29 is 30.4 Å². The quantitative estimate of drug-likeness (QED) is 0.138. The molecule has 12 heteroatoms. The molecule has 0 aliphatic heterocycles. The summed E-state index contributed by atoms with van der Waals surface area (Å²) in [6.45, 7) is 1.88. The van der Waals surface area contributed by atoms with Crippen LogP contribution in [0, 0.1) is 11.6 Å². The van der Waals surface area contributed by atoms with Gasteiger partial charge >= 0.3 is 0 Å². The van der Waals surface area contributed by atoms with Crippen LogP contribution in [0.3, 0.4) is 0 Å². The minimum Gasteiger partial charge on any atom is -0.493 e. The first-order valence-corrected chi connectivity index (χ1v) is 17.3. The van der Waals surface area contributed by atoms with E-state index in [1.165, 1.54) is 35.6 Å². The predicted molar refractivity (Wildman–Crippen MR) is 169 cm³/mol. The number of benzene rings is 4. The first-order valence-electron chi connectivity index (χ1n) is 13.8. The lowest BCUT2D eigenvalue weighted by Gasteiger charge is -2.32. The third-order valence-electron chi connectivity index (χ3n) is 7.08. The molecule has 4 rings (SSSR count). The van der Waals surface area contributed by atoms with Gasteiger partial charge in [-0.15, -0.1) is 0 Å². The predicted octanol–water partition coefficient (Wildman–Crippen LogP) is 6.85. The van der Waals surface area contributed by atoms with E-state index in [9.17, 15) is 21.2 Å². The second-order valence-electron chi connectivity index (χ2n) is 10.1. The van der Waals surface area contributed by atoms with E-state index in [0.29, 0.717) is 29.2 Å². The van der Waals surface area contributed by atoms with E-state index in [4.69, 9.17) is 16.3 Å². The zero-order valence-corrected chi connectivity index (χ0v) is 26.6. The van der Waals surface area contributed by atoms with Crippen molar-refractivity contribution in [1.82, 2.24) is 4.31 Å². The summed E-state index contributed by atoms with van der Waals surface area (Å²) in [6.07, 6.45) is 0.756. The first-order chi connectivity index (χ1) is 20.9. The van der Waals surface area contributed by atoms with Crippen LogP contribution in [0.25, 0.3) is 0 Å². The number of nitrogens with zero attached hydrogens (tertiary/aromatic N) is 2. The standard InChI is InChI=1S/C32H33ClF2N2O5S2/c1-24(37(31-23-27(34)15-18-30(31)35)44(40,41)28-16-13-26(33)14-17-28)29-11-6-7-12-32(29)42-21-8-20-36(2)43(38,39)22-19-25-9-4-3-5-10-25/h3-7,9-18,23-24H,8,19-22H2,1-2H3. The Kier molecular flexibility index (Phi) is 11.0. The number of halogens is 3. The zero-order valence-electron chi connectivity index (χ0n) is 24.2. The Morgan fingerprint density at radius 2 is 1.52 bits per heavy atom. The average Bonchev–Trinajstić information content (AvgIpc) is 3.00. The number of rotatable bonds is 14. The summed E-state index contributed by atoms with van der Waals surface area (Å²) in [5.41, 5.74) is 0.867. The molecule has 0 amide bonds. The van der Waals surface area contributed by atoms with Gasteiger partial charge in [0.15, 0.2) is 0 Å². The summed E-state index contributed by atoms with van der Waals surface area (Å²) >= 11 is 5.96. The van der Waals surface area contributed by atoms with E-state index in [2.05, 4.69) is 0 Å². The fourth-order valence-corrected chi connectivity index (χ4v) is 7.63. The average molecular weight is 663 g/mol. The number of ether oxygens (including phenoxy) is 1. The molecular formula is C32H33ClF2N2O5S2. The maximum absolute atomic E-state index is 15.1. The van der Waals surface area contributed by atoms with Crippen molar-refractivity contribution in [3.05, 3.63) is 125 Å². The van der Waals surface area contributed by atoms with Crippen molar-refractivity contribution in [2.24, 2.45) is 0 Å². The monoisotopic (exact) mass is 662 g/mol. The fraction of sp³-hybridized carbons (Fsp3) is 0.250. The van der Waals surface area contributed by atoms with Crippen LogP contribution in [0.5, 0.6) is 5.75 Å². The van der Waals surface area contributed by atoms with Gasteiger partial charge in [0.1, 0.15) is 17.4 Å². The highest BCUT2D eigenvalue weighted by Gasteiger charge is 2.34. The van der Waals surface area contributed by atoms with Gasteiger partial charge in [-0.2, -0.15) is 0 Å². The summed E-state index contributed by atoms with van der Waals surface area (Å²) in [7, 11) is -6.39. The third kappa shape index (κ3) is 8.15. The lowest BCUT2D eigenvalue weighted by atomic mass is 10.1. The van der Waals surface area contributed by atoms with E-state index < -0.39 is 43.4 Å². The summed E-state index contributed by atoms with van der Waals surface area (Å²) in [6, 6.07) is 23.0. The van der Waals surface area contributed by atoms with Gasteiger partial charge < -0.3 is 4.74 Å². The molecule has 0 aliphatic carbocycles. The van der Waals surface area contributed by atoms with Crippen LogP contribution < -0.4 is 9.04 Å². The number of hydrogen-bond donors (Lipinski definition) is 0. The van der Waals surface area contributed by atoms with Crippen molar-refractivity contribution in [2.45, 2.75) is 30.7 Å². The fourth-order valence-electron chi connectivity index (χ4n) is 4.66. The van der Waals surface area contributed by atoms with Gasteiger partial charge in [-0.3, -0.25) is 4.31 Å². The lowest BCUT2D eigenvalue weighted by Crippen LogP contribution is -2.35. The smallest absolute Gasteiger partial charge is 0.264 e. The van der Waals surface area contributed by atoms with Gasteiger partial charge in [0.25, 0.3) is 10.0 Å². The van der Waals surface area contributed by atoms with Crippen molar-refractivity contribution >= 4 is 37.3 Å². The van der Waals surface area contributed by atoms with E-state index in [-0.39, 0.29) is 23.8 Å². The summed E-state index contributed by atoms with van der Waals surface area (Å²) in [5, 5.41) is 0.314. The molecule has 1 atom stereocenters. The second-order valence-corrected chi connectivity index (χ2v) is 14.6. The molecule has 0 saturated heterocycles. The molecule has 7 nitrogen and oxygen atoms in total. The topological polar surface area (TPSA) is 84.0 Å². The van der Waals surface area contributed by atoms with Crippen molar-refractivity contribution in [2.75, 3.05) is 30.3 Å². The zero-order chi connectivity index (χ0) is 31.9. The molecule has 0 heterocycles. The molecule has 0 radical (unpaired) electrons. The molecule has 0 aromatic heterocycles. The Labute approximate surface area is 262 Å². The van der Waals surface area contributed by atoms with Crippen LogP contribution in [0.15, 0.2) is 102 Å². The summed E-state index contributed by atoms with van der Waals surface area (Å²) in [4.78, 5) is -0.160. The largest absolute Gasteiger partial charge is 0.493 e. The van der Waals surface area contributed by atoms with Gasteiger partial charge in [-0.05, 0) is 67.8 Å². The highest BCUT2D eigenvalue weighted by atomic mass is 35.5. The van der Waals surface area contributed by atoms with Crippen LogP contribution >= 0.6 is 11.6 Å². The molecule has 0 aliphatic rings. The maximum atomic E-state index is 15.1. The van der Waals surface area contributed by atoms with E-state index in [0.717, 1.165) is 28.1 Å². The molecule has 44 heavy (non-hydrogen) atoms. The van der Waals surface area contributed by atoms with E-state index in [1.54, 1.807) is 31.2 Å². The Balaban J connectivity index is 1.52. The van der Waals surface area contributed by atoms with Crippen LogP contribution in [0.2, 0.25) is 5.02 Å². The lowest BCUT2D eigenvalue weighted by molar-refractivity contribution is 0.292. The second kappa shape index (κ2) is 14.5. The van der Waals surface area contributed by atoms with Crippen LogP contribution in [-0.2, 0) is 26.5 Å². The molecule has 0 bridgehead atoms. The van der Waals surface area contributed by atoms with Crippen LogP contribution in [0.4, 0.5) is 14.5 Å². The SMILES string of the molecule is CC(c1ccccc1OCCCN(C)S(=O)(=O)CCc1ccccc1)N(c1cc(F)ccc1F)S(=O)(=O)c1ccc(Cl)cc1. The molecule has 0 saturated carbocycles. The van der Waals surface area contributed by atoms with Crippen molar-refractivity contribution in [3.8, 4) is 5.75 Å². The van der Waals surface area contributed by atoms with Crippen molar-refractivity contribution in [1.29, 1.82) is 0 Å². The van der Waals surface area contributed by atoms with Gasteiger partial charge in [0.05, 0.1) is 29.0 Å². The van der Waals surface area contributed by atoms with Gasteiger partial charge in [-0.25, -0.2) is 29.9 Å². The molecule has 1 unspecified atom stereocenters. The highest BCUT2D eigenvalue weighted by Crippen LogP contribution is 2.38. The number of anilines is 1. The Morgan fingerprint density at radius 1 is 0.864 bits per heavy atom. The van der Waals surface area contributed by atoms with E-state index >= 15 is 4.39 Å².